The molecule has 4 aromatic rings. The highest BCUT2D eigenvalue weighted by Gasteiger charge is 2.24. The quantitative estimate of drug-likeness (QED) is 0.175. The van der Waals surface area contributed by atoms with Crippen LogP contribution in [0.5, 0.6) is 0 Å². The third-order valence-corrected chi connectivity index (χ3v) is 6.80. The van der Waals surface area contributed by atoms with E-state index in [1.165, 1.54) is 0 Å². The molecular formula is C32H38N4O2. The molecule has 0 amide bonds. The smallest absolute Gasteiger partial charge is 0.0933 e. The normalized spacial score (nSPS) is 12.0. The van der Waals surface area contributed by atoms with Crippen LogP contribution in [0.25, 0.3) is 22.5 Å². The summed E-state index contributed by atoms with van der Waals surface area (Å²) in [6.07, 6.45) is 7.80. The number of rotatable bonds is 13. The van der Waals surface area contributed by atoms with Crippen molar-refractivity contribution in [2.75, 3.05) is 13.2 Å². The van der Waals surface area contributed by atoms with E-state index in [2.05, 4.69) is 60.2 Å². The van der Waals surface area contributed by atoms with Crippen molar-refractivity contribution in [3.05, 3.63) is 96.3 Å². The van der Waals surface area contributed by atoms with Crippen LogP contribution in [0, 0.1) is 0 Å². The lowest BCUT2D eigenvalue weighted by atomic mass is 9.98. The lowest BCUT2D eigenvalue weighted by Crippen LogP contribution is -2.23. The van der Waals surface area contributed by atoms with Gasteiger partial charge in [0.1, 0.15) is 0 Å². The van der Waals surface area contributed by atoms with Gasteiger partial charge in [0, 0.05) is 35.5 Å². The van der Waals surface area contributed by atoms with Crippen molar-refractivity contribution in [3.8, 4) is 22.5 Å². The summed E-state index contributed by atoms with van der Waals surface area (Å²) in [4.78, 5) is 0. The minimum atomic E-state index is -0.427. The SMILES string of the molecule is CC(C)(OCCCCCCOC(C)(C)c1cnnc(-c2ccccc2)c1)c1cnnc(-c2ccccc2)c1. The van der Waals surface area contributed by atoms with Gasteiger partial charge in [0.05, 0.1) is 35.0 Å². The van der Waals surface area contributed by atoms with Crippen LogP contribution in [0.1, 0.15) is 64.5 Å². The van der Waals surface area contributed by atoms with E-state index in [0.29, 0.717) is 13.2 Å². The molecule has 0 N–H and O–H groups in total. The van der Waals surface area contributed by atoms with Gasteiger partial charge in [0.15, 0.2) is 0 Å². The minimum Gasteiger partial charge on any atom is -0.371 e. The molecule has 0 aliphatic heterocycles. The number of aromatic nitrogens is 4. The zero-order valence-electron chi connectivity index (χ0n) is 22.9. The van der Waals surface area contributed by atoms with Crippen molar-refractivity contribution in [1.82, 2.24) is 20.4 Å². The monoisotopic (exact) mass is 510 g/mol. The van der Waals surface area contributed by atoms with E-state index >= 15 is 0 Å². The van der Waals surface area contributed by atoms with Gasteiger partial charge in [0.2, 0.25) is 0 Å². The molecule has 2 aromatic heterocycles. The maximum Gasteiger partial charge on any atom is 0.0933 e. The molecular weight excluding hydrogens is 472 g/mol. The number of hydrogen-bond donors (Lipinski definition) is 0. The average molecular weight is 511 g/mol. The molecule has 0 bridgehead atoms. The van der Waals surface area contributed by atoms with Gasteiger partial charge in [-0.15, -0.1) is 0 Å². The Bertz CT molecular complexity index is 1180. The standard InChI is InChI=1S/C32H38N4O2/c1-31(2,27-21-29(35-33-23-27)25-15-9-7-10-16-25)37-19-13-5-6-14-20-38-32(3,4)28-22-30(36-34-24-28)26-17-11-8-12-18-26/h7-12,15-18,21-24H,5-6,13-14,19-20H2,1-4H3. The van der Waals surface area contributed by atoms with E-state index < -0.39 is 11.2 Å². The van der Waals surface area contributed by atoms with Crippen LogP contribution in [-0.2, 0) is 20.7 Å². The predicted molar refractivity (Wildman–Crippen MR) is 151 cm³/mol. The van der Waals surface area contributed by atoms with E-state index in [-0.39, 0.29) is 0 Å². The fourth-order valence-corrected chi connectivity index (χ4v) is 4.27. The molecule has 4 rings (SSSR count). The Kier molecular flexibility index (Phi) is 9.32. The highest BCUT2D eigenvalue weighted by atomic mass is 16.5. The first-order valence-corrected chi connectivity index (χ1v) is 13.4. The lowest BCUT2D eigenvalue weighted by Gasteiger charge is -2.26. The van der Waals surface area contributed by atoms with Gasteiger partial charge in [-0.3, -0.25) is 0 Å². The summed E-state index contributed by atoms with van der Waals surface area (Å²) in [5, 5.41) is 17.0. The molecule has 0 saturated carbocycles. The lowest BCUT2D eigenvalue weighted by molar-refractivity contribution is -0.0283. The van der Waals surface area contributed by atoms with E-state index in [4.69, 9.17) is 9.47 Å². The first-order chi connectivity index (χ1) is 18.4. The highest BCUT2D eigenvalue weighted by Crippen LogP contribution is 2.29. The summed E-state index contributed by atoms with van der Waals surface area (Å²) in [5.41, 5.74) is 5.04. The fraction of sp³-hybridized carbons (Fsp3) is 0.375. The zero-order chi connectivity index (χ0) is 26.8. The third kappa shape index (κ3) is 7.53. The van der Waals surface area contributed by atoms with Crippen LogP contribution in [0.3, 0.4) is 0 Å². The molecule has 0 fully saturated rings. The maximum atomic E-state index is 6.26. The van der Waals surface area contributed by atoms with Gasteiger partial charge >= 0.3 is 0 Å². The molecule has 0 unspecified atom stereocenters. The summed E-state index contributed by atoms with van der Waals surface area (Å²) >= 11 is 0. The second-order valence-corrected chi connectivity index (χ2v) is 10.5. The minimum absolute atomic E-state index is 0.427. The van der Waals surface area contributed by atoms with Crippen LogP contribution in [-0.4, -0.2) is 33.6 Å². The molecule has 0 radical (unpaired) electrons. The Morgan fingerprint density at radius 2 is 0.947 bits per heavy atom. The molecule has 0 saturated heterocycles. The summed E-state index contributed by atoms with van der Waals surface area (Å²) in [5.74, 6) is 0. The van der Waals surface area contributed by atoms with E-state index in [0.717, 1.165) is 59.3 Å². The molecule has 198 valence electrons. The number of ether oxygens (including phenoxy) is 2. The van der Waals surface area contributed by atoms with Crippen molar-refractivity contribution in [1.29, 1.82) is 0 Å². The highest BCUT2D eigenvalue weighted by molar-refractivity contribution is 5.59. The van der Waals surface area contributed by atoms with E-state index in [1.807, 2.05) is 60.7 Å². The second-order valence-electron chi connectivity index (χ2n) is 10.5. The summed E-state index contributed by atoms with van der Waals surface area (Å²) in [7, 11) is 0. The average Bonchev–Trinajstić information content (AvgIpc) is 2.95. The van der Waals surface area contributed by atoms with Crippen LogP contribution in [0.4, 0.5) is 0 Å². The van der Waals surface area contributed by atoms with Crippen LogP contribution >= 0.6 is 0 Å². The van der Waals surface area contributed by atoms with Gasteiger partial charge in [-0.2, -0.15) is 20.4 Å². The van der Waals surface area contributed by atoms with Crippen molar-refractivity contribution in [3.63, 3.8) is 0 Å². The zero-order valence-corrected chi connectivity index (χ0v) is 22.9. The molecule has 0 atom stereocenters. The topological polar surface area (TPSA) is 70.0 Å². The van der Waals surface area contributed by atoms with Crippen LogP contribution in [0.15, 0.2) is 85.2 Å². The first-order valence-electron chi connectivity index (χ1n) is 13.4. The second kappa shape index (κ2) is 12.9. The van der Waals surface area contributed by atoms with Crippen molar-refractivity contribution >= 4 is 0 Å². The Hall–Kier alpha value is -3.48. The van der Waals surface area contributed by atoms with Gasteiger partial charge in [0.25, 0.3) is 0 Å². The Balaban J connectivity index is 1.17. The maximum absolute atomic E-state index is 6.26. The fourth-order valence-electron chi connectivity index (χ4n) is 4.27. The van der Waals surface area contributed by atoms with Crippen molar-refractivity contribution in [2.45, 2.75) is 64.6 Å². The number of benzene rings is 2. The Labute approximate surface area is 226 Å². The summed E-state index contributed by atoms with van der Waals surface area (Å²) in [6, 6.07) is 24.4. The molecule has 6 heteroatoms. The van der Waals surface area contributed by atoms with E-state index in [9.17, 15) is 0 Å². The molecule has 0 spiro atoms. The molecule has 0 aliphatic rings. The van der Waals surface area contributed by atoms with Gasteiger partial charge < -0.3 is 9.47 Å². The van der Waals surface area contributed by atoms with Gasteiger partial charge in [-0.25, -0.2) is 0 Å². The number of nitrogens with zero attached hydrogens (tertiary/aromatic N) is 4. The van der Waals surface area contributed by atoms with Crippen molar-refractivity contribution in [2.24, 2.45) is 0 Å². The third-order valence-electron chi connectivity index (χ3n) is 6.80. The van der Waals surface area contributed by atoms with Crippen LogP contribution < -0.4 is 0 Å². The van der Waals surface area contributed by atoms with Gasteiger partial charge in [-0.05, 0) is 52.7 Å². The molecule has 6 nitrogen and oxygen atoms in total. The van der Waals surface area contributed by atoms with Crippen molar-refractivity contribution < 1.29 is 9.47 Å². The van der Waals surface area contributed by atoms with Crippen LogP contribution in [0.2, 0.25) is 0 Å². The largest absolute Gasteiger partial charge is 0.371 e. The van der Waals surface area contributed by atoms with Gasteiger partial charge in [-0.1, -0.05) is 73.5 Å². The van der Waals surface area contributed by atoms with E-state index in [1.54, 1.807) is 12.4 Å². The summed E-state index contributed by atoms with van der Waals surface area (Å²) < 4.78 is 12.5. The summed E-state index contributed by atoms with van der Waals surface area (Å²) in [6.45, 7) is 9.76. The number of hydrogen-bond acceptors (Lipinski definition) is 6. The molecule has 2 heterocycles. The molecule has 38 heavy (non-hydrogen) atoms. The Morgan fingerprint density at radius 1 is 0.553 bits per heavy atom. The number of unbranched alkanes of at least 4 members (excludes halogenated alkanes) is 3. The predicted octanol–water partition coefficient (Wildman–Crippen LogP) is 7.36. The molecule has 2 aromatic carbocycles. The first kappa shape index (κ1) is 27.6. The Morgan fingerprint density at radius 3 is 1.34 bits per heavy atom. The molecule has 0 aliphatic carbocycles.